The molecule has 0 spiro atoms. The summed E-state index contributed by atoms with van der Waals surface area (Å²) in [4.78, 5) is 6.13. The maximum absolute atomic E-state index is 5.92. The molecule has 1 saturated heterocycles. The SMILES string of the molecule is Clc1cc(C2=NNCN2C2CCCCO2)ccn1. The zero-order valence-electron chi connectivity index (χ0n) is 9.97. The van der Waals surface area contributed by atoms with Gasteiger partial charge in [0.1, 0.15) is 18.0 Å². The quantitative estimate of drug-likeness (QED) is 0.829. The molecule has 1 unspecified atom stereocenters. The molecule has 96 valence electrons. The van der Waals surface area contributed by atoms with Crippen molar-refractivity contribution in [3.8, 4) is 0 Å². The lowest BCUT2D eigenvalue weighted by Crippen LogP contribution is -2.43. The van der Waals surface area contributed by atoms with Crippen LogP contribution in [0.5, 0.6) is 0 Å². The molecule has 0 aromatic carbocycles. The van der Waals surface area contributed by atoms with Crippen LogP contribution in [-0.2, 0) is 4.74 Å². The van der Waals surface area contributed by atoms with E-state index in [1.165, 1.54) is 6.42 Å². The summed E-state index contributed by atoms with van der Waals surface area (Å²) in [5.41, 5.74) is 3.97. The van der Waals surface area contributed by atoms with Crippen LogP contribution in [0.15, 0.2) is 23.4 Å². The molecule has 2 aliphatic heterocycles. The van der Waals surface area contributed by atoms with Gasteiger partial charge in [-0.3, -0.25) is 5.43 Å². The largest absolute Gasteiger partial charge is 0.358 e. The first kappa shape index (κ1) is 11.7. The van der Waals surface area contributed by atoms with E-state index < -0.39 is 0 Å². The van der Waals surface area contributed by atoms with Crippen molar-refractivity contribution < 1.29 is 4.74 Å². The van der Waals surface area contributed by atoms with Gasteiger partial charge >= 0.3 is 0 Å². The standard InChI is InChI=1S/C12H15ClN4O/c13-10-7-9(4-5-14-10)12-16-15-8-17(12)11-3-1-2-6-18-11/h4-5,7,11,15H,1-3,6,8H2. The Balaban J connectivity index is 1.82. The first-order valence-electron chi connectivity index (χ1n) is 6.15. The predicted molar refractivity (Wildman–Crippen MR) is 69.2 cm³/mol. The molecule has 1 fully saturated rings. The number of amidine groups is 1. The molecule has 2 aliphatic rings. The monoisotopic (exact) mass is 266 g/mol. The molecule has 1 atom stereocenters. The number of hydrogen-bond donors (Lipinski definition) is 1. The average molecular weight is 267 g/mol. The molecule has 0 radical (unpaired) electrons. The van der Waals surface area contributed by atoms with Crippen molar-refractivity contribution in [2.24, 2.45) is 5.10 Å². The molecule has 0 amide bonds. The van der Waals surface area contributed by atoms with E-state index in [1.54, 1.807) is 6.20 Å². The van der Waals surface area contributed by atoms with Crippen LogP contribution in [0.2, 0.25) is 5.15 Å². The molecule has 6 heteroatoms. The van der Waals surface area contributed by atoms with Crippen LogP contribution in [0.4, 0.5) is 0 Å². The first-order valence-corrected chi connectivity index (χ1v) is 6.53. The molecule has 18 heavy (non-hydrogen) atoms. The molecule has 5 nitrogen and oxygen atoms in total. The van der Waals surface area contributed by atoms with Gasteiger partial charge in [0.2, 0.25) is 0 Å². The first-order chi connectivity index (χ1) is 8.84. The van der Waals surface area contributed by atoms with Crippen molar-refractivity contribution in [2.45, 2.75) is 25.5 Å². The lowest BCUT2D eigenvalue weighted by molar-refractivity contribution is -0.0541. The van der Waals surface area contributed by atoms with Gasteiger partial charge in [0.25, 0.3) is 0 Å². The van der Waals surface area contributed by atoms with E-state index >= 15 is 0 Å². The van der Waals surface area contributed by atoms with Crippen molar-refractivity contribution in [3.63, 3.8) is 0 Å². The molecule has 1 aromatic heterocycles. The molecule has 3 heterocycles. The highest BCUT2D eigenvalue weighted by Crippen LogP contribution is 2.21. The minimum atomic E-state index is 0.111. The average Bonchev–Trinajstić information content (AvgIpc) is 2.89. The van der Waals surface area contributed by atoms with Gasteiger partial charge in [-0.15, -0.1) is 0 Å². The highest BCUT2D eigenvalue weighted by molar-refractivity contribution is 6.29. The molecule has 1 N–H and O–H groups in total. The number of hydrogen-bond acceptors (Lipinski definition) is 5. The van der Waals surface area contributed by atoms with Crippen LogP contribution >= 0.6 is 11.6 Å². The molecule has 0 bridgehead atoms. The fraction of sp³-hybridized carbons (Fsp3) is 0.500. The van der Waals surface area contributed by atoms with E-state index in [1.807, 2.05) is 12.1 Å². The molecule has 0 saturated carbocycles. The summed E-state index contributed by atoms with van der Waals surface area (Å²) in [5.74, 6) is 0.881. The van der Waals surface area contributed by atoms with Gasteiger partial charge in [0.15, 0.2) is 5.84 Å². The normalized spacial score (nSPS) is 23.7. The number of ether oxygens (including phenoxy) is 1. The van der Waals surface area contributed by atoms with E-state index in [4.69, 9.17) is 16.3 Å². The van der Waals surface area contributed by atoms with Crippen molar-refractivity contribution >= 4 is 17.4 Å². The van der Waals surface area contributed by atoms with Gasteiger partial charge in [-0.05, 0) is 31.4 Å². The van der Waals surface area contributed by atoms with Gasteiger partial charge in [-0.2, -0.15) is 5.10 Å². The maximum atomic E-state index is 5.92. The van der Waals surface area contributed by atoms with Crippen molar-refractivity contribution in [1.29, 1.82) is 0 Å². The zero-order chi connectivity index (χ0) is 12.4. The predicted octanol–water partition coefficient (Wildman–Crippen LogP) is 1.79. The summed E-state index contributed by atoms with van der Waals surface area (Å²) in [5, 5.41) is 4.81. The Hall–Kier alpha value is -1.33. The topological polar surface area (TPSA) is 49.8 Å². The Kier molecular flexibility index (Phi) is 3.34. The van der Waals surface area contributed by atoms with Crippen LogP contribution in [0, 0.1) is 0 Å². The van der Waals surface area contributed by atoms with E-state index in [9.17, 15) is 0 Å². The van der Waals surface area contributed by atoms with Crippen molar-refractivity contribution in [1.82, 2.24) is 15.3 Å². The molecular formula is C12H15ClN4O. The summed E-state index contributed by atoms with van der Waals surface area (Å²) in [7, 11) is 0. The van der Waals surface area contributed by atoms with Gasteiger partial charge in [-0.1, -0.05) is 11.6 Å². The van der Waals surface area contributed by atoms with Crippen LogP contribution < -0.4 is 5.43 Å². The molecular weight excluding hydrogens is 252 g/mol. The molecule has 0 aliphatic carbocycles. The Morgan fingerprint density at radius 1 is 1.44 bits per heavy atom. The van der Waals surface area contributed by atoms with Crippen LogP contribution in [0.1, 0.15) is 24.8 Å². The van der Waals surface area contributed by atoms with E-state index in [0.717, 1.165) is 30.8 Å². The summed E-state index contributed by atoms with van der Waals surface area (Å²) in [6, 6.07) is 3.73. The number of nitrogens with one attached hydrogen (secondary N) is 1. The van der Waals surface area contributed by atoms with Crippen molar-refractivity contribution in [3.05, 3.63) is 29.0 Å². The number of pyridine rings is 1. The van der Waals surface area contributed by atoms with Crippen molar-refractivity contribution in [2.75, 3.05) is 13.3 Å². The van der Waals surface area contributed by atoms with Crippen LogP contribution in [-0.4, -0.2) is 35.2 Å². The van der Waals surface area contributed by atoms with Crippen LogP contribution in [0.25, 0.3) is 0 Å². The van der Waals surface area contributed by atoms with E-state index in [0.29, 0.717) is 11.8 Å². The third kappa shape index (κ3) is 2.28. The summed E-state index contributed by atoms with van der Waals surface area (Å²) >= 11 is 5.92. The fourth-order valence-electron chi connectivity index (χ4n) is 2.31. The highest BCUT2D eigenvalue weighted by Gasteiger charge is 2.28. The van der Waals surface area contributed by atoms with Gasteiger partial charge in [0, 0.05) is 18.4 Å². The smallest absolute Gasteiger partial charge is 0.159 e. The Labute approximate surface area is 111 Å². The third-order valence-corrected chi connectivity index (χ3v) is 3.39. The second kappa shape index (κ2) is 5.12. The number of rotatable bonds is 2. The molecule has 3 rings (SSSR count). The number of hydrazone groups is 1. The summed E-state index contributed by atoms with van der Waals surface area (Å²) in [6.07, 6.45) is 5.19. The minimum Gasteiger partial charge on any atom is -0.358 e. The lowest BCUT2D eigenvalue weighted by Gasteiger charge is -2.32. The van der Waals surface area contributed by atoms with Gasteiger partial charge < -0.3 is 9.64 Å². The number of aromatic nitrogens is 1. The second-order valence-electron chi connectivity index (χ2n) is 4.41. The Morgan fingerprint density at radius 2 is 2.39 bits per heavy atom. The summed E-state index contributed by atoms with van der Waals surface area (Å²) < 4.78 is 5.80. The minimum absolute atomic E-state index is 0.111. The Morgan fingerprint density at radius 3 is 3.17 bits per heavy atom. The third-order valence-electron chi connectivity index (χ3n) is 3.19. The molecule has 1 aromatic rings. The highest BCUT2D eigenvalue weighted by atomic mass is 35.5. The summed E-state index contributed by atoms with van der Waals surface area (Å²) in [6.45, 7) is 1.51. The van der Waals surface area contributed by atoms with Gasteiger partial charge in [-0.25, -0.2) is 4.98 Å². The second-order valence-corrected chi connectivity index (χ2v) is 4.80. The van der Waals surface area contributed by atoms with Gasteiger partial charge in [0.05, 0.1) is 0 Å². The number of nitrogens with zero attached hydrogens (tertiary/aromatic N) is 3. The van der Waals surface area contributed by atoms with E-state index in [-0.39, 0.29) is 6.23 Å². The maximum Gasteiger partial charge on any atom is 0.159 e. The zero-order valence-corrected chi connectivity index (χ0v) is 10.7. The number of halogens is 1. The van der Waals surface area contributed by atoms with E-state index in [2.05, 4.69) is 20.4 Å². The lowest BCUT2D eigenvalue weighted by atomic mass is 10.1. The Bertz CT molecular complexity index is 459. The van der Waals surface area contributed by atoms with Crippen LogP contribution in [0.3, 0.4) is 0 Å². The fourth-order valence-corrected chi connectivity index (χ4v) is 2.48.